The molecule has 0 saturated carbocycles. The second kappa shape index (κ2) is 10.2. The lowest BCUT2D eigenvalue weighted by Crippen LogP contribution is -2.53. The Labute approximate surface area is 210 Å². The molecule has 0 spiro atoms. The number of halogens is 3. The first kappa shape index (κ1) is 24.7. The van der Waals surface area contributed by atoms with Crippen LogP contribution in [0.25, 0.3) is 0 Å². The van der Waals surface area contributed by atoms with E-state index in [0.29, 0.717) is 18.5 Å². The Bertz CT molecular complexity index is 1180. The Morgan fingerprint density at radius 1 is 0.917 bits per heavy atom. The van der Waals surface area contributed by atoms with E-state index >= 15 is 0 Å². The number of fused-ring (bicyclic) bond motifs is 3. The van der Waals surface area contributed by atoms with Gasteiger partial charge < -0.3 is 9.84 Å². The summed E-state index contributed by atoms with van der Waals surface area (Å²) >= 11 is 0. The van der Waals surface area contributed by atoms with E-state index in [1.54, 1.807) is 12.1 Å². The highest BCUT2D eigenvalue weighted by molar-refractivity contribution is 5.49. The highest BCUT2D eigenvalue weighted by Gasteiger charge is 2.51. The van der Waals surface area contributed by atoms with Crippen molar-refractivity contribution in [2.24, 2.45) is 0 Å². The standard InChI is InChI=1S/C30H32F3NO2/c31-30(32,33)24-11-6-10-23(19-24)14-17-34-18-16-29(15-5-4-9-22-7-2-1-3-8-22)26-20-25(35)12-13-27(26)36-28(29)21-34/h1-3,6-8,10-13,19-20,28,35H,4-5,9,14-18,21H2/t28-,29-/m0/s1. The van der Waals surface area contributed by atoms with E-state index in [2.05, 4.69) is 29.2 Å². The minimum atomic E-state index is -4.32. The smallest absolute Gasteiger partial charge is 0.416 e. The third kappa shape index (κ3) is 5.24. The molecule has 1 N–H and O–H groups in total. The predicted molar refractivity (Wildman–Crippen MR) is 134 cm³/mol. The van der Waals surface area contributed by atoms with Crippen molar-refractivity contribution in [1.29, 1.82) is 0 Å². The number of unbranched alkanes of at least 4 members (excludes halogenated alkanes) is 1. The number of rotatable bonds is 8. The van der Waals surface area contributed by atoms with Crippen LogP contribution >= 0.6 is 0 Å². The minimum Gasteiger partial charge on any atom is -0.508 e. The van der Waals surface area contributed by atoms with Crippen LogP contribution in [-0.4, -0.2) is 35.7 Å². The van der Waals surface area contributed by atoms with Crippen molar-refractivity contribution in [3.8, 4) is 11.5 Å². The number of piperidine rings is 1. The van der Waals surface area contributed by atoms with Gasteiger partial charge in [0.15, 0.2) is 0 Å². The Morgan fingerprint density at radius 2 is 1.72 bits per heavy atom. The van der Waals surface area contributed by atoms with E-state index < -0.39 is 11.7 Å². The van der Waals surface area contributed by atoms with Gasteiger partial charge in [-0.05, 0) is 74.0 Å². The van der Waals surface area contributed by atoms with Crippen LogP contribution < -0.4 is 4.74 Å². The van der Waals surface area contributed by atoms with Crippen molar-refractivity contribution in [2.45, 2.75) is 56.2 Å². The predicted octanol–water partition coefficient (Wildman–Crippen LogP) is 6.77. The van der Waals surface area contributed by atoms with E-state index in [0.717, 1.165) is 62.6 Å². The Balaban J connectivity index is 1.25. The zero-order valence-corrected chi connectivity index (χ0v) is 20.3. The first-order chi connectivity index (χ1) is 17.3. The Hall–Kier alpha value is -2.99. The number of hydrogen-bond donors (Lipinski definition) is 1. The molecule has 36 heavy (non-hydrogen) atoms. The van der Waals surface area contributed by atoms with Crippen LogP contribution in [0.4, 0.5) is 13.2 Å². The number of phenolic OH excluding ortho intramolecular Hbond substituents is 1. The van der Waals surface area contributed by atoms with Crippen molar-refractivity contribution in [1.82, 2.24) is 4.90 Å². The summed E-state index contributed by atoms with van der Waals surface area (Å²) in [6, 6.07) is 21.5. The first-order valence-corrected chi connectivity index (χ1v) is 12.8. The lowest BCUT2D eigenvalue weighted by Gasteiger charge is -2.43. The number of nitrogens with zero attached hydrogens (tertiary/aromatic N) is 1. The zero-order chi connectivity index (χ0) is 25.2. The lowest BCUT2D eigenvalue weighted by atomic mass is 9.68. The summed E-state index contributed by atoms with van der Waals surface area (Å²) in [7, 11) is 0. The Kier molecular flexibility index (Phi) is 6.98. The van der Waals surface area contributed by atoms with Crippen molar-refractivity contribution in [3.63, 3.8) is 0 Å². The summed E-state index contributed by atoms with van der Waals surface area (Å²) < 4.78 is 45.7. The van der Waals surface area contributed by atoms with Gasteiger partial charge in [-0.1, -0.05) is 55.0 Å². The van der Waals surface area contributed by atoms with E-state index in [1.807, 2.05) is 18.2 Å². The highest BCUT2D eigenvalue weighted by atomic mass is 19.4. The lowest BCUT2D eigenvalue weighted by molar-refractivity contribution is -0.137. The molecule has 3 aromatic rings. The molecule has 0 unspecified atom stereocenters. The molecule has 2 heterocycles. The molecule has 6 heteroatoms. The molecule has 1 fully saturated rings. The third-order valence-corrected chi connectivity index (χ3v) is 7.84. The summed E-state index contributed by atoms with van der Waals surface area (Å²) in [6.45, 7) is 2.27. The average molecular weight is 496 g/mol. The van der Waals surface area contributed by atoms with Crippen LogP contribution in [0.15, 0.2) is 72.8 Å². The number of alkyl halides is 3. The molecule has 2 aliphatic heterocycles. The van der Waals surface area contributed by atoms with Gasteiger partial charge in [-0.3, -0.25) is 4.90 Å². The second-order valence-corrected chi connectivity index (χ2v) is 10.1. The van der Waals surface area contributed by atoms with Gasteiger partial charge in [0.25, 0.3) is 0 Å². The number of aryl methyl sites for hydroxylation is 1. The second-order valence-electron chi connectivity index (χ2n) is 10.1. The van der Waals surface area contributed by atoms with Crippen LogP contribution in [0.2, 0.25) is 0 Å². The highest BCUT2D eigenvalue weighted by Crippen LogP contribution is 2.51. The van der Waals surface area contributed by atoms with Gasteiger partial charge in [-0.2, -0.15) is 13.2 Å². The first-order valence-electron chi connectivity index (χ1n) is 12.8. The zero-order valence-electron chi connectivity index (χ0n) is 20.3. The molecule has 0 aromatic heterocycles. The molecule has 190 valence electrons. The molecular formula is C30H32F3NO2. The minimum absolute atomic E-state index is 0.0266. The van der Waals surface area contributed by atoms with Gasteiger partial charge in [0.05, 0.1) is 5.56 Å². The fourth-order valence-corrected chi connectivity index (χ4v) is 5.87. The van der Waals surface area contributed by atoms with Crippen molar-refractivity contribution >= 4 is 0 Å². The van der Waals surface area contributed by atoms with Crippen LogP contribution in [0.1, 0.15) is 47.9 Å². The molecule has 2 aliphatic rings. The third-order valence-electron chi connectivity index (χ3n) is 7.84. The fourth-order valence-electron chi connectivity index (χ4n) is 5.87. The number of phenols is 1. The molecular weight excluding hydrogens is 463 g/mol. The molecule has 0 radical (unpaired) electrons. The van der Waals surface area contributed by atoms with Crippen LogP contribution in [0.5, 0.6) is 11.5 Å². The molecule has 1 saturated heterocycles. The SMILES string of the molecule is Oc1ccc2c(c1)[C@]1(CCCCc3ccccc3)CCN(CCc3cccc(C(F)(F)F)c3)C[C@@H]1O2. The van der Waals surface area contributed by atoms with Gasteiger partial charge in [-0.25, -0.2) is 0 Å². The largest absolute Gasteiger partial charge is 0.508 e. The molecule has 2 atom stereocenters. The van der Waals surface area contributed by atoms with Gasteiger partial charge in [0.2, 0.25) is 0 Å². The monoisotopic (exact) mass is 495 g/mol. The van der Waals surface area contributed by atoms with Gasteiger partial charge in [0.1, 0.15) is 17.6 Å². The quantitative estimate of drug-likeness (QED) is 0.350. The van der Waals surface area contributed by atoms with E-state index in [-0.39, 0.29) is 17.3 Å². The van der Waals surface area contributed by atoms with Gasteiger partial charge in [-0.15, -0.1) is 0 Å². The molecule has 0 amide bonds. The number of aromatic hydroxyl groups is 1. The molecule has 3 aromatic carbocycles. The average Bonchev–Trinajstić information content (AvgIpc) is 3.18. The Morgan fingerprint density at radius 3 is 2.53 bits per heavy atom. The summed E-state index contributed by atoms with van der Waals surface area (Å²) in [4.78, 5) is 2.30. The summed E-state index contributed by atoms with van der Waals surface area (Å²) in [5, 5.41) is 10.2. The number of benzene rings is 3. The molecule has 0 aliphatic carbocycles. The summed E-state index contributed by atoms with van der Waals surface area (Å²) in [5.74, 6) is 1.11. The van der Waals surface area contributed by atoms with Crippen LogP contribution in [-0.2, 0) is 24.4 Å². The molecule has 0 bridgehead atoms. The molecule has 5 rings (SSSR count). The fraction of sp³-hybridized carbons (Fsp3) is 0.400. The van der Waals surface area contributed by atoms with E-state index in [1.165, 1.54) is 17.7 Å². The number of likely N-dealkylation sites (tertiary alicyclic amines) is 1. The van der Waals surface area contributed by atoms with Gasteiger partial charge >= 0.3 is 6.18 Å². The van der Waals surface area contributed by atoms with E-state index in [9.17, 15) is 18.3 Å². The molecule has 3 nitrogen and oxygen atoms in total. The van der Waals surface area contributed by atoms with Crippen molar-refractivity contribution in [3.05, 3.63) is 95.1 Å². The maximum Gasteiger partial charge on any atom is 0.416 e. The van der Waals surface area contributed by atoms with Crippen molar-refractivity contribution < 1.29 is 23.0 Å². The van der Waals surface area contributed by atoms with Crippen LogP contribution in [0, 0.1) is 0 Å². The normalized spacial score (nSPS) is 21.6. The summed E-state index contributed by atoms with van der Waals surface area (Å²) in [6.07, 6.45) is 1.30. The van der Waals surface area contributed by atoms with Gasteiger partial charge in [0, 0.05) is 24.1 Å². The topological polar surface area (TPSA) is 32.7 Å². The van der Waals surface area contributed by atoms with Crippen molar-refractivity contribution in [2.75, 3.05) is 19.6 Å². The number of hydrogen-bond acceptors (Lipinski definition) is 3. The summed E-state index contributed by atoms with van der Waals surface area (Å²) in [5.41, 5.74) is 2.41. The van der Waals surface area contributed by atoms with Crippen LogP contribution in [0.3, 0.4) is 0 Å². The van der Waals surface area contributed by atoms with E-state index in [4.69, 9.17) is 4.74 Å². The maximum atomic E-state index is 13.1. The maximum absolute atomic E-state index is 13.1. The number of ether oxygens (including phenoxy) is 1.